The van der Waals surface area contributed by atoms with Crippen LogP contribution < -0.4 is 0 Å². The van der Waals surface area contributed by atoms with Gasteiger partial charge in [0.1, 0.15) is 0 Å². The molecular weight excluding hydrogens is 174 g/mol. The third kappa shape index (κ3) is 6.49. The zero-order valence-corrected chi connectivity index (χ0v) is 8.82. The molecule has 72 valence electrons. The molecule has 0 aromatic heterocycles. The molecule has 0 N–H and O–H groups in total. The zero-order valence-electron chi connectivity index (χ0n) is 8.00. The van der Waals surface area contributed by atoms with Gasteiger partial charge in [-0.2, -0.15) is 11.8 Å². The molecule has 0 aromatic rings. The van der Waals surface area contributed by atoms with Crippen molar-refractivity contribution in [3.63, 3.8) is 0 Å². The first kappa shape index (κ1) is 11.8. The molecular formula is C8H17NO2S. The van der Waals surface area contributed by atoms with E-state index in [9.17, 15) is 4.79 Å². The molecule has 0 spiro atoms. The van der Waals surface area contributed by atoms with E-state index in [1.807, 2.05) is 18.9 Å². The highest BCUT2D eigenvalue weighted by Gasteiger charge is 2.05. The van der Waals surface area contributed by atoms with Gasteiger partial charge in [-0.3, -0.25) is 9.69 Å². The lowest BCUT2D eigenvalue weighted by atomic mass is 10.5. The van der Waals surface area contributed by atoms with E-state index in [2.05, 4.69) is 6.26 Å². The lowest BCUT2D eigenvalue weighted by Crippen LogP contribution is -2.29. The quantitative estimate of drug-likeness (QED) is 0.582. The second kappa shape index (κ2) is 7.43. The molecule has 0 saturated carbocycles. The Labute approximate surface area is 78.5 Å². The number of rotatable bonds is 6. The molecule has 0 rings (SSSR count). The van der Waals surface area contributed by atoms with Crippen molar-refractivity contribution in [2.75, 3.05) is 38.8 Å². The SMILES string of the molecule is CCOC(=O)CN(C)CCSC. The highest BCUT2D eigenvalue weighted by molar-refractivity contribution is 7.98. The molecule has 0 unspecified atom stereocenters. The first-order valence-corrected chi connectivity index (χ1v) is 5.43. The number of carbonyl (C=O) groups excluding carboxylic acids is 1. The number of ether oxygens (including phenoxy) is 1. The third-order valence-corrected chi connectivity index (χ3v) is 1.97. The van der Waals surface area contributed by atoms with E-state index in [1.54, 1.807) is 11.8 Å². The van der Waals surface area contributed by atoms with E-state index in [0.29, 0.717) is 13.2 Å². The van der Waals surface area contributed by atoms with E-state index < -0.39 is 0 Å². The van der Waals surface area contributed by atoms with Crippen molar-refractivity contribution < 1.29 is 9.53 Å². The molecule has 0 fully saturated rings. The summed E-state index contributed by atoms with van der Waals surface area (Å²) in [5.74, 6) is 0.914. The fourth-order valence-corrected chi connectivity index (χ4v) is 1.25. The number of carbonyl (C=O) groups is 1. The third-order valence-electron chi connectivity index (χ3n) is 1.38. The van der Waals surface area contributed by atoms with Crippen molar-refractivity contribution in [2.45, 2.75) is 6.92 Å². The van der Waals surface area contributed by atoms with Gasteiger partial charge in [-0.25, -0.2) is 0 Å². The standard InChI is InChI=1S/C8H17NO2S/c1-4-11-8(10)7-9(2)5-6-12-3/h4-7H2,1-3H3. The highest BCUT2D eigenvalue weighted by atomic mass is 32.2. The van der Waals surface area contributed by atoms with Gasteiger partial charge in [0, 0.05) is 12.3 Å². The average molecular weight is 191 g/mol. The van der Waals surface area contributed by atoms with Crippen LogP contribution in [0, 0.1) is 0 Å². The Morgan fingerprint density at radius 3 is 2.75 bits per heavy atom. The van der Waals surface area contributed by atoms with E-state index in [0.717, 1.165) is 12.3 Å². The van der Waals surface area contributed by atoms with Crippen LogP contribution in [0.1, 0.15) is 6.92 Å². The molecule has 0 aliphatic rings. The fourth-order valence-electron chi connectivity index (χ4n) is 0.753. The van der Waals surface area contributed by atoms with Crippen molar-refractivity contribution >= 4 is 17.7 Å². The molecule has 0 heterocycles. The average Bonchev–Trinajstić information content (AvgIpc) is 2.01. The van der Waals surface area contributed by atoms with Crippen LogP contribution in [0.15, 0.2) is 0 Å². The first-order valence-electron chi connectivity index (χ1n) is 4.03. The summed E-state index contributed by atoms with van der Waals surface area (Å²) in [6.45, 7) is 3.61. The smallest absolute Gasteiger partial charge is 0.320 e. The van der Waals surface area contributed by atoms with Crippen LogP contribution in [0.5, 0.6) is 0 Å². The van der Waals surface area contributed by atoms with Crippen LogP contribution >= 0.6 is 11.8 Å². The predicted molar refractivity (Wildman–Crippen MR) is 52.5 cm³/mol. The monoisotopic (exact) mass is 191 g/mol. The van der Waals surface area contributed by atoms with E-state index in [1.165, 1.54) is 0 Å². The maximum atomic E-state index is 10.9. The van der Waals surface area contributed by atoms with Crippen LogP contribution in [0.25, 0.3) is 0 Å². The van der Waals surface area contributed by atoms with Gasteiger partial charge in [0.05, 0.1) is 13.2 Å². The van der Waals surface area contributed by atoms with E-state index >= 15 is 0 Å². The number of likely N-dealkylation sites (N-methyl/N-ethyl adjacent to an activating group) is 1. The van der Waals surface area contributed by atoms with Gasteiger partial charge in [-0.05, 0) is 20.2 Å². The molecule has 0 bridgehead atoms. The zero-order chi connectivity index (χ0) is 9.40. The van der Waals surface area contributed by atoms with Crippen molar-refractivity contribution in [2.24, 2.45) is 0 Å². The summed E-state index contributed by atoms with van der Waals surface area (Å²) in [4.78, 5) is 12.9. The van der Waals surface area contributed by atoms with Gasteiger partial charge in [0.2, 0.25) is 0 Å². The Morgan fingerprint density at radius 2 is 2.25 bits per heavy atom. The molecule has 0 atom stereocenters. The van der Waals surface area contributed by atoms with Gasteiger partial charge in [-0.15, -0.1) is 0 Å². The number of hydrogen-bond acceptors (Lipinski definition) is 4. The van der Waals surface area contributed by atoms with Crippen LogP contribution in [0.4, 0.5) is 0 Å². The normalized spacial score (nSPS) is 10.3. The largest absolute Gasteiger partial charge is 0.465 e. The molecule has 0 radical (unpaired) electrons. The molecule has 12 heavy (non-hydrogen) atoms. The Bertz CT molecular complexity index is 130. The maximum Gasteiger partial charge on any atom is 0.320 e. The van der Waals surface area contributed by atoms with Crippen molar-refractivity contribution in [3.05, 3.63) is 0 Å². The minimum atomic E-state index is -0.138. The van der Waals surface area contributed by atoms with Crippen LogP contribution in [0.2, 0.25) is 0 Å². The Balaban J connectivity index is 3.40. The van der Waals surface area contributed by atoms with Crippen LogP contribution in [-0.4, -0.2) is 49.6 Å². The summed E-state index contributed by atoms with van der Waals surface area (Å²) < 4.78 is 4.81. The van der Waals surface area contributed by atoms with Gasteiger partial charge in [0.25, 0.3) is 0 Å². The first-order chi connectivity index (χ1) is 5.70. The minimum absolute atomic E-state index is 0.138. The Morgan fingerprint density at radius 1 is 1.58 bits per heavy atom. The van der Waals surface area contributed by atoms with Gasteiger partial charge < -0.3 is 4.74 Å². The second-order valence-corrected chi connectivity index (χ2v) is 3.52. The molecule has 4 heteroatoms. The highest BCUT2D eigenvalue weighted by Crippen LogP contribution is 1.93. The number of esters is 1. The summed E-state index contributed by atoms with van der Waals surface area (Å²) in [6.07, 6.45) is 2.05. The summed E-state index contributed by atoms with van der Waals surface area (Å²) in [7, 11) is 1.92. The lowest BCUT2D eigenvalue weighted by Gasteiger charge is -2.14. The summed E-state index contributed by atoms with van der Waals surface area (Å²) in [5.41, 5.74) is 0. The number of hydrogen-bond donors (Lipinski definition) is 0. The fraction of sp³-hybridized carbons (Fsp3) is 0.875. The van der Waals surface area contributed by atoms with Crippen LogP contribution in [-0.2, 0) is 9.53 Å². The van der Waals surface area contributed by atoms with Gasteiger partial charge >= 0.3 is 5.97 Å². The van der Waals surface area contributed by atoms with Crippen molar-refractivity contribution in [1.82, 2.24) is 4.90 Å². The van der Waals surface area contributed by atoms with Gasteiger partial charge in [-0.1, -0.05) is 0 Å². The molecule has 3 nitrogen and oxygen atoms in total. The predicted octanol–water partition coefficient (Wildman–Crippen LogP) is 0.844. The summed E-state index contributed by atoms with van der Waals surface area (Å²) >= 11 is 1.78. The van der Waals surface area contributed by atoms with Gasteiger partial charge in [0.15, 0.2) is 0 Å². The van der Waals surface area contributed by atoms with Crippen molar-refractivity contribution in [3.8, 4) is 0 Å². The lowest BCUT2D eigenvalue weighted by molar-refractivity contribution is -0.144. The molecule has 0 amide bonds. The number of thioether (sulfide) groups is 1. The second-order valence-electron chi connectivity index (χ2n) is 2.54. The number of nitrogens with zero attached hydrogens (tertiary/aromatic N) is 1. The van der Waals surface area contributed by atoms with Crippen LogP contribution in [0.3, 0.4) is 0 Å². The summed E-state index contributed by atoms with van der Waals surface area (Å²) in [6, 6.07) is 0. The molecule has 0 saturated heterocycles. The topological polar surface area (TPSA) is 29.5 Å². The maximum absolute atomic E-state index is 10.9. The van der Waals surface area contributed by atoms with E-state index in [-0.39, 0.29) is 5.97 Å². The molecule has 0 aliphatic heterocycles. The Hall–Kier alpha value is -0.220. The summed E-state index contributed by atoms with van der Waals surface area (Å²) in [5, 5.41) is 0. The van der Waals surface area contributed by atoms with Crippen molar-refractivity contribution in [1.29, 1.82) is 0 Å². The Kier molecular flexibility index (Phi) is 7.29. The van der Waals surface area contributed by atoms with E-state index in [4.69, 9.17) is 4.74 Å². The molecule has 0 aliphatic carbocycles. The minimum Gasteiger partial charge on any atom is -0.465 e. The molecule has 0 aromatic carbocycles.